The molecule has 4 rings (SSSR count). The van der Waals surface area contributed by atoms with Crippen molar-refractivity contribution in [3.63, 3.8) is 0 Å². The number of carbonyl (C=O) groups excluding carboxylic acids is 3. The number of hydrogen-bond donors (Lipinski definition) is 3. The number of anilines is 1. The lowest BCUT2D eigenvalue weighted by Gasteiger charge is -2.34. The molecule has 0 radical (unpaired) electrons. The number of nitrogens with zero attached hydrogens (tertiary/aromatic N) is 1. The number of likely N-dealkylation sites (tertiary alicyclic amines) is 1. The zero-order valence-electron chi connectivity index (χ0n) is 16.6. The van der Waals surface area contributed by atoms with E-state index >= 15 is 0 Å². The van der Waals surface area contributed by atoms with Crippen LogP contribution in [0.5, 0.6) is 0 Å². The van der Waals surface area contributed by atoms with Crippen LogP contribution in [0, 0.1) is 11.8 Å². The number of nitrogens with one attached hydrogen (secondary N) is 2. The maximum atomic E-state index is 13.4. The van der Waals surface area contributed by atoms with Crippen molar-refractivity contribution < 1.29 is 19.5 Å². The number of para-hydroxylation sites is 1. The lowest BCUT2D eigenvalue weighted by atomic mass is 9.70. The molecule has 3 amide bonds. The molecule has 29 heavy (non-hydrogen) atoms. The van der Waals surface area contributed by atoms with Gasteiger partial charge in [0, 0.05) is 23.5 Å². The smallest absolute Gasteiger partial charge is 0.244 e. The molecule has 2 bridgehead atoms. The van der Waals surface area contributed by atoms with Crippen LogP contribution in [0.15, 0.2) is 30.3 Å². The number of aliphatic hydroxyl groups excluding tert-OH is 1. The van der Waals surface area contributed by atoms with Crippen molar-refractivity contribution in [3.8, 4) is 0 Å². The fourth-order valence-electron chi connectivity index (χ4n) is 5.21. The minimum atomic E-state index is -0.654. The van der Waals surface area contributed by atoms with Crippen molar-refractivity contribution in [1.29, 1.82) is 0 Å². The summed E-state index contributed by atoms with van der Waals surface area (Å²) in [7, 11) is 0. The quantitative estimate of drug-likeness (QED) is 0.647. The summed E-state index contributed by atoms with van der Waals surface area (Å²) in [5.74, 6) is -1.56. The van der Waals surface area contributed by atoms with Crippen LogP contribution in [-0.4, -0.2) is 63.0 Å². The summed E-state index contributed by atoms with van der Waals surface area (Å²) in [5.41, 5.74) is 0.700. The summed E-state index contributed by atoms with van der Waals surface area (Å²) in [6.45, 7) is 3.66. The predicted octanol–water partition coefficient (Wildman–Crippen LogP) is 1.23. The zero-order chi connectivity index (χ0) is 20.8. The molecule has 8 heteroatoms. The van der Waals surface area contributed by atoms with Crippen LogP contribution in [0.1, 0.15) is 26.7 Å². The Morgan fingerprint density at radius 2 is 2.00 bits per heavy atom. The third-order valence-corrected chi connectivity index (χ3v) is 8.12. The molecule has 0 aromatic heterocycles. The molecule has 3 saturated heterocycles. The summed E-state index contributed by atoms with van der Waals surface area (Å²) in [5, 5.41) is 15.4. The average Bonchev–Trinajstić information content (AvgIpc) is 3.30. The van der Waals surface area contributed by atoms with E-state index in [0.29, 0.717) is 5.69 Å². The van der Waals surface area contributed by atoms with Crippen LogP contribution in [0.3, 0.4) is 0 Å². The van der Waals surface area contributed by atoms with Crippen molar-refractivity contribution in [1.82, 2.24) is 10.2 Å². The van der Waals surface area contributed by atoms with E-state index in [4.69, 9.17) is 0 Å². The van der Waals surface area contributed by atoms with Crippen molar-refractivity contribution >= 4 is 35.2 Å². The van der Waals surface area contributed by atoms with Gasteiger partial charge in [0.25, 0.3) is 0 Å². The highest BCUT2D eigenvalue weighted by Crippen LogP contribution is 2.66. The molecule has 1 spiro atoms. The van der Waals surface area contributed by atoms with E-state index in [-0.39, 0.29) is 42.2 Å². The van der Waals surface area contributed by atoms with E-state index in [2.05, 4.69) is 10.6 Å². The van der Waals surface area contributed by atoms with Crippen LogP contribution in [0.25, 0.3) is 0 Å². The van der Waals surface area contributed by atoms with Crippen LogP contribution in [0.2, 0.25) is 0 Å². The monoisotopic (exact) mass is 417 g/mol. The Morgan fingerprint density at radius 1 is 1.28 bits per heavy atom. The van der Waals surface area contributed by atoms with Gasteiger partial charge in [0.15, 0.2) is 0 Å². The minimum Gasteiger partial charge on any atom is -0.395 e. The van der Waals surface area contributed by atoms with E-state index in [9.17, 15) is 19.5 Å². The first kappa shape index (κ1) is 20.2. The highest BCUT2D eigenvalue weighted by atomic mass is 32.2. The SMILES string of the molecule is CC(C)NC(=O)C1N(CCO)C(=O)[C@@H]2[C@@H](C(=O)Nc3ccccc3)[C@H]3CCC12S3. The number of rotatable bonds is 6. The normalized spacial score (nSPS) is 32.6. The Bertz CT molecular complexity index is 817. The maximum Gasteiger partial charge on any atom is 0.244 e. The molecular formula is C21H27N3O4S. The molecule has 1 aromatic carbocycles. The number of β-amino-alcohol motifs (C(OH)–C–C–N with tert-alkyl or cyclic N) is 1. The molecule has 3 fully saturated rings. The number of fused-ring (bicyclic) bond motifs is 1. The largest absolute Gasteiger partial charge is 0.395 e. The summed E-state index contributed by atoms with van der Waals surface area (Å²) < 4.78 is -0.603. The molecule has 2 unspecified atom stereocenters. The molecule has 3 N–H and O–H groups in total. The summed E-state index contributed by atoms with van der Waals surface area (Å²) in [4.78, 5) is 41.1. The van der Waals surface area contributed by atoms with E-state index in [0.717, 1.165) is 12.8 Å². The lowest BCUT2D eigenvalue weighted by molar-refractivity contribution is -0.139. The van der Waals surface area contributed by atoms with Crippen LogP contribution < -0.4 is 10.6 Å². The number of hydrogen-bond acceptors (Lipinski definition) is 5. The summed E-state index contributed by atoms with van der Waals surface area (Å²) in [6, 6.07) is 8.51. The molecule has 3 aliphatic heterocycles. The van der Waals surface area contributed by atoms with Gasteiger partial charge < -0.3 is 20.6 Å². The number of carbonyl (C=O) groups is 3. The van der Waals surface area contributed by atoms with Crippen molar-refractivity contribution in [2.24, 2.45) is 11.8 Å². The van der Waals surface area contributed by atoms with Gasteiger partial charge in [-0.25, -0.2) is 0 Å². The van der Waals surface area contributed by atoms with Gasteiger partial charge in [-0.1, -0.05) is 18.2 Å². The Labute approximate surface area is 174 Å². The van der Waals surface area contributed by atoms with E-state index in [1.54, 1.807) is 11.8 Å². The first-order valence-corrected chi connectivity index (χ1v) is 11.0. The van der Waals surface area contributed by atoms with Crippen LogP contribution in [0.4, 0.5) is 5.69 Å². The fraction of sp³-hybridized carbons (Fsp3) is 0.571. The Hall–Kier alpha value is -2.06. The molecule has 3 heterocycles. The second-order valence-corrected chi connectivity index (χ2v) is 9.93. The van der Waals surface area contributed by atoms with Gasteiger partial charge in [-0.15, -0.1) is 11.8 Å². The molecular weight excluding hydrogens is 390 g/mol. The van der Waals surface area contributed by atoms with Crippen molar-refractivity contribution in [2.75, 3.05) is 18.5 Å². The molecule has 1 aromatic rings. The third kappa shape index (κ3) is 3.22. The van der Waals surface area contributed by atoms with Gasteiger partial charge in [-0.3, -0.25) is 14.4 Å². The van der Waals surface area contributed by atoms with Crippen molar-refractivity contribution in [2.45, 2.75) is 48.8 Å². The lowest BCUT2D eigenvalue weighted by Crippen LogP contribution is -2.55. The van der Waals surface area contributed by atoms with E-state index in [1.165, 1.54) is 4.90 Å². The van der Waals surface area contributed by atoms with Gasteiger partial charge in [0.1, 0.15) is 6.04 Å². The number of thioether (sulfide) groups is 1. The van der Waals surface area contributed by atoms with Crippen molar-refractivity contribution in [3.05, 3.63) is 30.3 Å². The van der Waals surface area contributed by atoms with Gasteiger partial charge in [0.05, 0.1) is 23.2 Å². The Balaban J connectivity index is 1.65. The first-order valence-electron chi connectivity index (χ1n) is 10.1. The third-order valence-electron chi connectivity index (χ3n) is 6.16. The molecule has 0 aliphatic carbocycles. The van der Waals surface area contributed by atoms with E-state index in [1.807, 2.05) is 44.2 Å². The number of amides is 3. The second kappa shape index (κ2) is 7.65. The maximum absolute atomic E-state index is 13.4. The van der Waals surface area contributed by atoms with Gasteiger partial charge in [-0.05, 0) is 38.8 Å². The van der Waals surface area contributed by atoms with Crippen LogP contribution >= 0.6 is 11.8 Å². The predicted molar refractivity (Wildman–Crippen MR) is 111 cm³/mol. The van der Waals surface area contributed by atoms with Gasteiger partial charge in [-0.2, -0.15) is 0 Å². The average molecular weight is 418 g/mol. The molecule has 156 valence electrons. The fourth-order valence-corrected chi connectivity index (χ4v) is 7.43. The summed E-state index contributed by atoms with van der Waals surface area (Å²) in [6.07, 6.45) is 1.53. The zero-order valence-corrected chi connectivity index (χ0v) is 17.4. The van der Waals surface area contributed by atoms with E-state index < -0.39 is 22.6 Å². The molecule has 5 atom stereocenters. The van der Waals surface area contributed by atoms with Crippen LogP contribution in [-0.2, 0) is 14.4 Å². The standard InChI is InChI=1S/C21H27N3O4S/c1-12(2)22-19(27)17-21-9-8-14(29-21)15(16(21)20(28)24(17)10-11-25)18(26)23-13-6-4-3-5-7-13/h3-7,12,14-17,25H,8-11H2,1-2H3,(H,22,27)(H,23,26)/t14-,15+,16+,17?,21?/m1/s1. The summed E-state index contributed by atoms with van der Waals surface area (Å²) >= 11 is 1.63. The second-order valence-electron chi connectivity index (χ2n) is 8.33. The highest BCUT2D eigenvalue weighted by Gasteiger charge is 2.73. The Kier molecular flexibility index (Phi) is 5.33. The first-order chi connectivity index (χ1) is 13.9. The molecule has 7 nitrogen and oxygen atoms in total. The molecule has 3 aliphatic rings. The Morgan fingerprint density at radius 3 is 2.66 bits per heavy atom. The van der Waals surface area contributed by atoms with Gasteiger partial charge >= 0.3 is 0 Å². The highest BCUT2D eigenvalue weighted by molar-refractivity contribution is 8.02. The number of aliphatic hydroxyl groups is 1. The number of benzene rings is 1. The minimum absolute atomic E-state index is 0.0262. The molecule has 0 saturated carbocycles. The van der Waals surface area contributed by atoms with Gasteiger partial charge in [0.2, 0.25) is 17.7 Å². The topological polar surface area (TPSA) is 98.7 Å².